The van der Waals surface area contributed by atoms with Crippen molar-refractivity contribution in [1.82, 2.24) is 4.98 Å². The van der Waals surface area contributed by atoms with Crippen molar-refractivity contribution in [3.8, 4) is 5.75 Å². The third-order valence-corrected chi connectivity index (χ3v) is 4.37. The summed E-state index contributed by atoms with van der Waals surface area (Å²) in [7, 11) is 0. The molecule has 1 aromatic heterocycles. The lowest BCUT2D eigenvalue weighted by Gasteiger charge is -2.20. The van der Waals surface area contributed by atoms with Gasteiger partial charge in [-0.05, 0) is 25.0 Å². The molecule has 11 nitrogen and oxygen atoms in total. The Morgan fingerprint density at radius 2 is 1.46 bits per heavy atom. The zero-order chi connectivity index (χ0) is 20.7. The number of nitro benzene ring substituents is 3. The molecule has 0 aliphatic heterocycles. The summed E-state index contributed by atoms with van der Waals surface area (Å²) >= 11 is 0. The fraction of sp³-hybridized carbons (Fsp3) is 0.353. The van der Waals surface area contributed by atoms with Gasteiger partial charge >= 0.3 is 11.4 Å². The van der Waals surface area contributed by atoms with Gasteiger partial charge in [-0.3, -0.25) is 35.3 Å². The quantitative estimate of drug-likeness (QED) is 0.598. The molecule has 1 fully saturated rings. The van der Waals surface area contributed by atoms with Crippen molar-refractivity contribution in [1.29, 1.82) is 0 Å². The highest BCUT2D eigenvalue weighted by molar-refractivity contribution is 5.64. The molecule has 2 aromatic rings. The molecule has 1 heterocycles. The first-order chi connectivity index (χ1) is 13.3. The van der Waals surface area contributed by atoms with E-state index in [-0.39, 0.29) is 0 Å². The first-order valence-corrected chi connectivity index (χ1v) is 8.52. The van der Waals surface area contributed by atoms with Crippen LogP contribution in [0.2, 0.25) is 0 Å². The maximum atomic E-state index is 10.4. The predicted molar refractivity (Wildman–Crippen MR) is 98.1 cm³/mol. The maximum absolute atomic E-state index is 10.4. The van der Waals surface area contributed by atoms with Crippen LogP contribution in [0, 0.1) is 30.3 Å². The van der Waals surface area contributed by atoms with E-state index in [1.54, 1.807) is 0 Å². The Morgan fingerprint density at radius 1 is 0.893 bits per heavy atom. The van der Waals surface area contributed by atoms with Crippen LogP contribution in [0.25, 0.3) is 0 Å². The van der Waals surface area contributed by atoms with Gasteiger partial charge in [-0.1, -0.05) is 25.3 Å². The van der Waals surface area contributed by atoms with Crippen LogP contribution in [0.1, 0.15) is 43.7 Å². The minimum absolute atomic E-state index is 0.447. The van der Waals surface area contributed by atoms with Gasteiger partial charge in [0.05, 0.1) is 26.9 Å². The van der Waals surface area contributed by atoms with Crippen molar-refractivity contribution in [2.75, 3.05) is 0 Å². The van der Waals surface area contributed by atoms with E-state index in [2.05, 4.69) is 17.1 Å². The minimum atomic E-state index is -1.21. The highest BCUT2D eigenvalue weighted by Gasteiger charge is 2.30. The zero-order valence-corrected chi connectivity index (χ0v) is 14.8. The number of nitro groups is 3. The molecular weight excluding hydrogens is 372 g/mol. The summed E-state index contributed by atoms with van der Waals surface area (Å²) in [6.07, 6.45) is 8.80. The van der Waals surface area contributed by atoms with Crippen LogP contribution < -0.4 is 0 Å². The van der Waals surface area contributed by atoms with Crippen LogP contribution in [-0.2, 0) is 0 Å². The number of nitrogens with zero attached hydrogens (tertiary/aromatic N) is 4. The van der Waals surface area contributed by atoms with E-state index in [1.165, 1.54) is 37.8 Å². The van der Waals surface area contributed by atoms with Gasteiger partial charge in [0.1, 0.15) is 0 Å². The van der Waals surface area contributed by atoms with Crippen molar-refractivity contribution in [3.05, 3.63) is 72.6 Å². The van der Waals surface area contributed by atoms with Crippen LogP contribution in [0.5, 0.6) is 5.75 Å². The number of pyridine rings is 1. The average Bonchev–Trinajstić information content (AvgIpc) is 2.69. The second kappa shape index (κ2) is 9.35. The normalized spacial score (nSPS) is 13.9. The number of phenols is 1. The molecule has 1 N–H and O–H groups in total. The Hall–Kier alpha value is -3.63. The number of benzene rings is 1. The largest absolute Gasteiger partial charge is 0.497 e. The number of aromatic hydroxyl groups is 1. The molecular formula is C17H18N4O7. The molecule has 0 spiro atoms. The summed E-state index contributed by atoms with van der Waals surface area (Å²) < 4.78 is 0. The number of hydrogen-bond donors (Lipinski definition) is 1. The number of phenolic OH excluding ortho intramolecular Hbond substituents is 1. The van der Waals surface area contributed by atoms with Crippen molar-refractivity contribution < 1.29 is 19.9 Å². The van der Waals surface area contributed by atoms with Gasteiger partial charge in [-0.15, -0.1) is 0 Å². The molecule has 28 heavy (non-hydrogen) atoms. The van der Waals surface area contributed by atoms with Gasteiger partial charge in [0.25, 0.3) is 11.4 Å². The van der Waals surface area contributed by atoms with Crippen molar-refractivity contribution in [3.63, 3.8) is 0 Å². The number of rotatable bonds is 4. The molecule has 11 heteroatoms. The van der Waals surface area contributed by atoms with E-state index < -0.39 is 37.6 Å². The number of non-ortho nitro benzene ring substituents is 1. The third kappa shape index (κ3) is 5.19. The van der Waals surface area contributed by atoms with Gasteiger partial charge in [-0.25, -0.2) is 0 Å². The zero-order valence-electron chi connectivity index (χ0n) is 14.8. The molecule has 0 amide bonds. The highest BCUT2D eigenvalue weighted by Crippen LogP contribution is 2.39. The molecule has 148 valence electrons. The van der Waals surface area contributed by atoms with Crippen LogP contribution in [0.15, 0.2) is 36.5 Å². The van der Waals surface area contributed by atoms with Crippen LogP contribution in [0.3, 0.4) is 0 Å². The van der Waals surface area contributed by atoms with Gasteiger partial charge < -0.3 is 5.11 Å². The van der Waals surface area contributed by atoms with Gasteiger partial charge in [0, 0.05) is 17.8 Å². The molecule has 0 bridgehead atoms. The molecule has 1 saturated carbocycles. The molecule has 0 radical (unpaired) electrons. The van der Waals surface area contributed by atoms with Gasteiger partial charge in [0.15, 0.2) is 0 Å². The topological polar surface area (TPSA) is 163 Å². The summed E-state index contributed by atoms with van der Waals surface area (Å²) in [5, 5.41) is 40.2. The smallest absolute Gasteiger partial charge is 0.324 e. The van der Waals surface area contributed by atoms with Crippen molar-refractivity contribution >= 4 is 17.1 Å². The Bertz CT molecular complexity index is 832. The van der Waals surface area contributed by atoms with E-state index in [4.69, 9.17) is 5.11 Å². The lowest BCUT2D eigenvalue weighted by Crippen LogP contribution is -2.05. The summed E-state index contributed by atoms with van der Waals surface area (Å²) in [5.41, 5.74) is -1.70. The lowest BCUT2D eigenvalue weighted by atomic mass is 9.87. The first kappa shape index (κ1) is 20.7. The average molecular weight is 390 g/mol. The SMILES string of the molecule is O=[N+]([O-])c1cc([N+](=O)[O-])c(O)c([N+](=O)[O-])c1.c1ccc(C2CCCCC2)nc1. The lowest BCUT2D eigenvalue weighted by molar-refractivity contribution is -0.404. The molecule has 1 aromatic carbocycles. The van der Waals surface area contributed by atoms with Crippen LogP contribution >= 0.6 is 0 Å². The molecule has 0 unspecified atom stereocenters. The Labute approximate surface area is 159 Å². The van der Waals surface area contributed by atoms with E-state index in [0.717, 1.165) is 5.92 Å². The van der Waals surface area contributed by atoms with Gasteiger partial charge in [0.2, 0.25) is 0 Å². The molecule has 3 rings (SSSR count). The fourth-order valence-corrected chi connectivity index (χ4v) is 2.99. The number of hydrogen-bond acceptors (Lipinski definition) is 8. The monoisotopic (exact) mass is 390 g/mol. The van der Waals surface area contributed by atoms with Crippen molar-refractivity contribution in [2.45, 2.75) is 38.0 Å². The molecule has 1 aliphatic carbocycles. The Kier molecular flexibility index (Phi) is 6.90. The second-order valence-electron chi connectivity index (χ2n) is 6.19. The van der Waals surface area contributed by atoms with E-state index >= 15 is 0 Å². The minimum Gasteiger partial charge on any atom is -0.497 e. The summed E-state index contributed by atoms with van der Waals surface area (Å²) in [5.74, 6) is -0.458. The summed E-state index contributed by atoms with van der Waals surface area (Å²) in [6, 6.07) is 7.14. The highest BCUT2D eigenvalue weighted by atomic mass is 16.6. The predicted octanol–water partition coefficient (Wildman–Crippen LogP) is 4.25. The summed E-state index contributed by atoms with van der Waals surface area (Å²) in [6.45, 7) is 0. The molecule has 0 saturated heterocycles. The van der Waals surface area contributed by atoms with E-state index in [1.807, 2.05) is 12.3 Å². The molecule has 0 atom stereocenters. The van der Waals surface area contributed by atoms with E-state index in [0.29, 0.717) is 12.1 Å². The summed E-state index contributed by atoms with van der Waals surface area (Å²) in [4.78, 5) is 32.2. The van der Waals surface area contributed by atoms with Crippen molar-refractivity contribution in [2.24, 2.45) is 0 Å². The number of aromatic nitrogens is 1. The maximum Gasteiger partial charge on any atom is 0.324 e. The van der Waals surface area contributed by atoms with Crippen LogP contribution in [0.4, 0.5) is 17.1 Å². The standard InChI is InChI=1S/C11H15N.C6H3N3O7/c1-2-6-10(7-3-1)11-8-4-5-9-12-11;10-6-4(8(13)14)1-3(7(11)12)2-5(6)9(15)16/h4-5,8-10H,1-3,6-7H2;1-2,10H. The Balaban J connectivity index is 0.000000207. The molecule has 1 aliphatic rings. The van der Waals surface area contributed by atoms with Gasteiger partial charge in [-0.2, -0.15) is 0 Å². The third-order valence-electron chi connectivity index (χ3n) is 4.37. The second-order valence-corrected chi connectivity index (χ2v) is 6.19. The first-order valence-electron chi connectivity index (χ1n) is 8.52. The van der Waals surface area contributed by atoms with E-state index in [9.17, 15) is 30.3 Å². The van der Waals surface area contributed by atoms with Crippen LogP contribution in [-0.4, -0.2) is 24.9 Å². The Morgan fingerprint density at radius 3 is 1.89 bits per heavy atom. The fourth-order valence-electron chi connectivity index (χ4n) is 2.99.